The lowest BCUT2D eigenvalue weighted by atomic mass is 9.94. The van der Waals surface area contributed by atoms with Crippen molar-refractivity contribution in [2.75, 3.05) is 13.2 Å². The first-order chi connectivity index (χ1) is 23.0. The van der Waals surface area contributed by atoms with Crippen LogP contribution in [-0.2, 0) is 42.7 Å². The molecule has 0 aliphatic carbocycles. The Morgan fingerprint density at radius 3 is 1.47 bits per heavy atom. The second kappa shape index (κ2) is 16.7. The maximum Gasteiger partial charge on any atom is 0.217 e. The maximum absolute atomic E-state index is 11.8. The summed E-state index contributed by atoms with van der Waals surface area (Å²) >= 11 is 0. The molecule has 4 rings (SSSR count). The predicted molar refractivity (Wildman–Crippen MR) is 154 cm³/mol. The molecule has 0 spiro atoms. The van der Waals surface area contributed by atoms with Crippen molar-refractivity contribution < 1.29 is 93.8 Å². The minimum Gasteiger partial charge on any atom is -0.394 e. The van der Waals surface area contributed by atoms with E-state index in [-0.39, 0.29) is 0 Å². The molecular formula is C28H48N2O19. The average Bonchev–Trinajstić information content (AvgIpc) is 3.04. The highest BCUT2D eigenvalue weighted by Gasteiger charge is 2.55. The van der Waals surface area contributed by atoms with E-state index in [4.69, 9.17) is 33.2 Å². The van der Waals surface area contributed by atoms with Crippen molar-refractivity contribution in [3.05, 3.63) is 0 Å². The fourth-order valence-electron chi connectivity index (χ4n) is 6.25. The van der Waals surface area contributed by atoms with Crippen LogP contribution in [0.3, 0.4) is 0 Å². The zero-order chi connectivity index (χ0) is 36.5. The molecule has 0 saturated carbocycles. The first kappa shape index (κ1) is 40.0. The topological polar surface area (TPSA) is 325 Å². The number of amides is 2. The molecule has 0 bridgehead atoms. The first-order valence-corrected chi connectivity index (χ1v) is 15.8. The zero-order valence-corrected chi connectivity index (χ0v) is 27.1. The van der Waals surface area contributed by atoms with E-state index in [9.17, 15) is 60.7 Å². The van der Waals surface area contributed by atoms with E-state index in [0.29, 0.717) is 0 Å². The molecule has 4 aliphatic rings. The van der Waals surface area contributed by atoms with Gasteiger partial charge in [-0.25, -0.2) is 0 Å². The fourth-order valence-corrected chi connectivity index (χ4v) is 6.25. The summed E-state index contributed by atoms with van der Waals surface area (Å²) in [5.41, 5.74) is 0. The zero-order valence-electron chi connectivity index (χ0n) is 27.1. The smallest absolute Gasteiger partial charge is 0.217 e. The number of aliphatic hydroxyl groups is 10. The van der Waals surface area contributed by atoms with Crippen LogP contribution in [0.25, 0.3) is 0 Å². The number of nitrogens with one attached hydrogen (secondary N) is 2. The van der Waals surface area contributed by atoms with Gasteiger partial charge in [0.25, 0.3) is 0 Å². The minimum atomic E-state index is -1.97. The lowest BCUT2D eigenvalue weighted by molar-refractivity contribution is -0.381. The van der Waals surface area contributed by atoms with Crippen LogP contribution in [0.15, 0.2) is 0 Å². The number of ether oxygens (including phenoxy) is 7. The Morgan fingerprint density at radius 2 is 0.939 bits per heavy atom. The molecule has 2 amide bonds. The first-order valence-electron chi connectivity index (χ1n) is 15.8. The van der Waals surface area contributed by atoms with E-state index in [2.05, 4.69) is 10.6 Å². The van der Waals surface area contributed by atoms with Crippen LogP contribution in [0.1, 0.15) is 27.7 Å². The van der Waals surface area contributed by atoms with Gasteiger partial charge in [-0.15, -0.1) is 0 Å². The molecule has 12 N–H and O–H groups in total. The predicted octanol–water partition coefficient (Wildman–Crippen LogP) is -7.41. The summed E-state index contributed by atoms with van der Waals surface area (Å²) in [7, 11) is 0. The number of carbonyl (C=O) groups is 2. The number of carbonyl (C=O) groups excluding carboxylic acids is 2. The molecule has 0 aromatic carbocycles. The van der Waals surface area contributed by atoms with Crippen LogP contribution in [0.2, 0.25) is 0 Å². The van der Waals surface area contributed by atoms with E-state index in [0.717, 1.165) is 6.92 Å². The molecule has 0 unspecified atom stereocenters. The van der Waals surface area contributed by atoms with E-state index < -0.39 is 148 Å². The van der Waals surface area contributed by atoms with Crippen LogP contribution in [0.4, 0.5) is 0 Å². The molecular weight excluding hydrogens is 668 g/mol. The van der Waals surface area contributed by atoms with Crippen molar-refractivity contribution >= 4 is 11.8 Å². The van der Waals surface area contributed by atoms with Gasteiger partial charge >= 0.3 is 0 Å². The van der Waals surface area contributed by atoms with Gasteiger partial charge in [0, 0.05) is 13.8 Å². The molecule has 4 fully saturated rings. The lowest BCUT2D eigenvalue weighted by Gasteiger charge is -2.49. The van der Waals surface area contributed by atoms with Gasteiger partial charge in [-0.3, -0.25) is 9.59 Å². The van der Waals surface area contributed by atoms with Crippen molar-refractivity contribution in [1.82, 2.24) is 10.6 Å². The van der Waals surface area contributed by atoms with Crippen molar-refractivity contribution in [3.8, 4) is 0 Å². The average molecular weight is 717 g/mol. The quantitative estimate of drug-likeness (QED) is 0.0999. The molecule has 4 saturated heterocycles. The van der Waals surface area contributed by atoms with Gasteiger partial charge in [-0.05, 0) is 13.8 Å². The van der Waals surface area contributed by atoms with Crippen molar-refractivity contribution in [2.45, 2.75) is 150 Å². The Bertz CT molecular complexity index is 1110. The highest BCUT2D eigenvalue weighted by atomic mass is 16.8. The molecule has 21 nitrogen and oxygen atoms in total. The van der Waals surface area contributed by atoms with Crippen LogP contribution in [0.5, 0.6) is 0 Å². The fraction of sp³-hybridized carbons (Fsp3) is 0.929. The van der Waals surface area contributed by atoms with Gasteiger partial charge in [-0.1, -0.05) is 0 Å². The summed E-state index contributed by atoms with van der Waals surface area (Å²) in [6, 6.07) is -2.68. The SMILES string of the molecule is CC(=O)N[C@@H]1[C@@H](O)[C@H](O[C@H]2[C@@H](O)[C@@H](C)O[C@H](O[C@H]3[C@@H](O)[C@@H](CO)O[C@@H](O[C@H]4[C@@H](O)[C@@H](CO)O[C@H](O)[C@@H]4NC(C)=O)[C@@H]3O)[C@@H]2O)O[C@H](C)[C@H]1O. The Morgan fingerprint density at radius 1 is 0.531 bits per heavy atom. The summed E-state index contributed by atoms with van der Waals surface area (Å²) in [6.45, 7) is 3.47. The highest BCUT2D eigenvalue weighted by molar-refractivity contribution is 5.73. The molecule has 21 heteroatoms. The van der Waals surface area contributed by atoms with Gasteiger partial charge in [0.05, 0.1) is 31.5 Å². The van der Waals surface area contributed by atoms with Crippen molar-refractivity contribution in [2.24, 2.45) is 0 Å². The molecule has 4 aliphatic heterocycles. The van der Waals surface area contributed by atoms with Crippen LogP contribution in [0, 0.1) is 0 Å². The third-order valence-electron chi connectivity index (χ3n) is 8.93. The van der Waals surface area contributed by atoms with E-state index in [1.807, 2.05) is 0 Å². The summed E-state index contributed by atoms with van der Waals surface area (Å²) in [5, 5.41) is 111. The normalized spacial score (nSPS) is 49.3. The second-order valence-corrected chi connectivity index (χ2v) is 12.6. The van der Waals surface area contributed by atoms with Crippen molar-refractivity contribution in [1.29, 1.82) is 0 Å². The van der Waals surface area contributed by atoms with Gasteiger partial charge < -0.3 is 94.9 Å². The molecule has 0 aromatic heterocycles. The Hall–Kier alpha value is -1.74. The monoisotopic (exact) mass is 716 g/mol. The molecule has 20 atom stereocenters. The second-order valence-electron chi connectivity index (χ2n) is 12.6. The molecule has 49 heavy (non-hydrogen) atoms. The van der Waals surface area contributed by atoms with Gasteiger partial charge in [-0.2, -0.15) is 0 Å². The van der Waals surface area contributed by atoms with E-state index in [1.165, 1.54) is 20.8 Å². The van der Waals surface area contributed by atoms with Gasteiger partial charge in [0.15, 0.2) is 25.2 Å². The summed E-state index contributed by atoms with van der Waals surface area (Å²) in [5.74, 6) is -1.23. The summed E-state index contributed by atoms with van der Waals surface area (Å²) in [4.78, 5) is 23.5. The number of hydrogen-bond acceptors (Lipinski definition) is 19. The van der Waals surface area contributed by atoms with Gasteiger partial charge in [0.1, 0.15) is 79.3 Å². The minimum absolute atomic E-state index is 0.567. The van der Waals surface area contributed by atoms with E-state index >= 15 is 0 Å². The van der Waals surface area contributed by atoms with Crippen LogP contribution >= 0.6 is 0 Å². The third kappa shape index (κ3) is 8.67. The molecule has 0 radical (unpaired) electrons. The van der Waals surface area contributed by atoms with Crippen LogP contribution in [-0.4, -0.2) is 199 Å². The van der Waals surface area contributed by atoms with Crippen molar-refractivity contribution in [3.63, 3.8) is 0 Å². The lowest BCUT2D eigenvalue weighted by Crippen LogP contribution is -2.69. The largest absolute Gasteiger partial charge is 0.394 e. The Labute approximate surface area is 280 Å². The number of aliphatic hydroxyl groups excluding tert-OH is 10. The molecule has 0 aromatic rings. The van der Waals surface area contributed by atoms with E-state index in [1.54, 1.807) is 0 Å². The summed E-state index contributed by atoms with van der Waals surface area (Å²) in [6.07, 6.45) is -28.9. The Kier molecular flexibility index (Phi) is 13.7. The Balaban J connectivity index is 1.54. The molecule has 284 valence electrons. The van der Waals surface area contributed by atoms with Crippen LogP contribution < -0.4 is 10.6 Å². The maximum atomic E-state index is 11.8. The number of hydrogen-bond donors (Lipinski definition) is 12. The third-order valence-corrected chi connectivity index (χ3v) is 8.93. The standard InChI is InChI=1S/C28H48N2O19/c1-7-15(35)13(29-9(3)33)19(39)26(43-7)48-23-16(36)8(2)44-27(20(23)40)49-24-18(38)12(6-32)46-28(21(24)41)47-22-14(30-10(4)34)25(42)45-11(5-31)17(22)37/h7-8,11-28,31-32,35-42H,5-6H2,1-4H3,(H,29,33)(H,30,34)/t7-,8-,11-,12-,13+,14-,15-,16+,17+,18+,19-,20-,21-,22-,23+,24+,25+,26+,27-,28+/m1/s1. The summed E-state index contributed by atoms with van der Waals surface area (Å²) < 4.78 is 39.2. The number of rotatable bonds is 10. The van der Waals surface area contributed by atoms with Gasteiger partial charge in [0.2, 0.25) is 11.8 Å². The molecule has 4 heterocycles. The highest BCUT2D eigenvalue weighted by Crippen LogP contribution is 2.34.